The van der Waals surface area contributed by atoms with E-state index in [-0.39, 0.29) is 23.1 Å². The Balaban J connectivity index is 1.37. The first kappa shape index (κ1) is 19.4. The number of hydrogen-bond donors (Lipinski definition) is 3. The molecular formula is C21H21ClN4O3. The Hall–Kier alpha value is -2.90. The second-order valence-corrected chi connectivity index (χ2v) is 7.67. The van der Waals surface area contributed by atoms with E-state index in [1.807, 2.05) is 0 Å². The first-order valence-electron chi connectivity index (χ1n) is 9.49. The van der Waals surface area contributed by atoms with Gasteiger partial charge in [-0.05, 0) is 56.3 Å². The van der Waals surface area contributed by atoms with Crippen molar-refractivity contribution in [3.63, 3.8) is 0 Å². The highest BCUT2D eigenvalue weighted by molar-refractivity contribution is 6.31. The molecule has 1 saturated heterocycles. The first-order valence-corrected chi connectivity index (χ1v) is 9.87. The SMILES string of the molecule is O=C(Nc1ccccc1O)C1CCN(Cc2nc3cc(Cl)ccc3c(=O)[nH]2)CC1. The summed E-state index contributed by atoms with van der Waals surface area (Å²) in [6.07, 6.45) is 1.39. The van der Waals surface area contributed by atoms with E-state index >= 15 is 0 Å². The van der Waals surface area contributed by atoms with Crippen LogP contribution in [0.5, 0.6) is 5.75 Å². The number of nitrogens with one attached hydrogen (secondary N) is 2. The quantitative estimate of drug-likeness (QED) is 0.572. The van der Waals surface area contributed by atoms with E-state index in [1.165, 1.54) is 0 Å². The molecule has 3 N–H and O–H groups in total. The van der Waals surface area contributed by atoms with Crippen LogP contribution in [0.25, 0.3) is 10.9 Å². The van der Waals surface area contributed by atoms with Crippen LogP contribution in [0.4, 0.5) is 5.69 Å². The van der Waals surface area contributed by atoms with E-state index < -0.39 is 0 Å². The van der Waals surface area contributed by atoms with Gasteiger partial charge in [-0.2, -0.15) is 0 Å². The Morgan fingerprint density at radius 3 is 2.76 bits per heavy atom. The number of phenols is 1. The number of amides is 1. The number of H-pyrrole nitrogens is 1. The fourth-order valence-corrected chi connectivity index (χ4v) is 3.78. The van der Waals surface area contributed by atoms with Crippen molar-refractivity contribution in [2.45, 2.75) is 19.4 Å². The molecule has 1 fully saturated rings. The molecule has 0 bridgehead atoms. The normalized spacial score (nSPS) is 15.5. The fraction of sp³-hybridized carbons (Fsp3) is 0.286. The zero-order valence-corrected chi connectivity index (χ0v) is 16.4. The van der Waals surface area contributed by atoms with Crippen LogP contribution in [-0.4, -0.2) is 39.0 Å². The van der Waals surface area contributed by atoms with Crippen LogP contribution in [0, 0.1) is 5.92 Å². The van der Waals surface area contributed by atoms with Gasteiger partial charge in [0.25, 0.3) is 5.56 Å². The van der Waals surface area contributed by atoms with E-state index in [2.05, 4.69) is 20.2 Å². The number of aromatic nitrogens is 2. The molecule has 0 radical (unpaired) electrons. The van der Waals surface area contributed by atoms with Gasteiger partial charge >= 0.3 is 0 Å². The smallest absolute Gasteiger partial charge is 0.258 e. The van der Waals surface area contributed by atoms with Crippen molar-refractivity contribution in [3.05, 3.63) is 63.7 Å². The van der Waals surface area contributed by atoms with Crippen molar-refractivity contribution in [2.24, 2.45) is 5.92 Å². The van der Waals surface area contributed by atoms with Crippen molar-refractivity contribution >= 4 is 34.1 Å². The molecule has 1 aromatic heterocycles. The Labute approximate surface area is 172 Å². The van der Waals surface area contributed by atoms with Gasteiger partial charge in [0, 0.05) is 10.9 Å². The first-order chi connectivity index (χ1) is 14.0. The lowest BCUT2D eigenvalue weighted by Crippen LogP contribution is -2.38. The zero-order chi connectivity index (χ0) is 20.4. The predicted octanol–water partition coefficient (Wildman–Crippen LogP) is 3.13. The van der Waals surface area contributed by atoms with Crippen LogP contribution in [0.15, 0.2) is 47.3 Å². The number of benzene rings is 2. The maximum atomic E-state index is 12.5. The number of piperidine rings is 1. The van der Waals surface area contributed by atoms with Crippen LogP contribution in [0.2, 0.25) is 5.02 Å². The van der Waals surface area contributed by atoms with Gasteiger partial charge in [0.1, 0.15) is 11.6 Å². The number of likely N-dealkylation sites (tertiary alicyclic amines) is 1. The van der Waals surface area contributed by atoms with Crippen LogP contribution in [-0.2, 0) is 11.3 Å². The van der Waals surface area contributed by atoms with Gasteiger partial charge in [0.05, 0.1) is 23.1 Å². The van der Waals surface area contributed by atoms with Gasteiger partial charge < -0.3 is 15.4 Å². The Morgan fingerprint density at radius 1 is 1.24 bits per heavy atom. The summed E-state index contributed by atoms with van der Waals surface area (Å²) in [5.74, 6) is 0.443. The molecule has 1 aliphatic rings. The summed E-state index contributed by atoms with van der Waals surface area (Å²) in [6, 6.07) is 11.7. The summed E-state index contributed by atoms with van der Waals surface area (Å²) in [7, 11) is 0. The second-order valence-electron chi connectivity index (χ2n) is 7.23. The Morgan fingerprint density at radius 2 is 2.00 bits per heavy atom. The van der Waals surface area contributed by atoms with E-state index in [1.54, 1.807) is 42.5 Å². The molecule has 0 aliphatic carbocycles. The summed E-state index contributed by atoms with van der Waals surface area (Å²) >= 11 is 6.01. The van der Waals surface area contributed by atoms with Gasteiger partial charge in [-0.1, -0.05) is 23.7 Å². The van der Waals surface area contributed by atoms with Crippen LogP contribution >= 0.6 is 11.6 Å². The third-order valence-corrected chi connectivity index (χ3v) is 5.45. The third-order valence-electron chi connectivity index (χ3n) is 5.21. The lowest BCUT2D eigenvalue weighted by Gasteiger charge is -2.30. The molecule has 2 heterocycles. The fourth-order valence-electron chi connectivity index (χ4n) is 3.62. The van der Waals surface area contributed by atoms with E-state index in [0.717, 1.165) is 13.1 Å². The Bertz CT molecular complexity index is 1110. The molecule has 1 aliphatic heterocycles. The summed E-state index contributed by atoms with van der Waals surface area (Å²) in [6.45, 7) is 1.94. The third kappa shape index (κ3) is 4.41. The highest BCUT2D eigenvalue weighted by atomic mass is 35.5. The molecule has 4 rings (SSSR count). The van der Waals surface area contributed by atoms with Gasteiger partial charge in [-0.25, -0.2) is 4.98 Å². The molecule has 2 aromatic carbocycles. The van der Waals surface area contributed by atoms with Gasteiger partial charge in [-0.3, -0.25) is 14.5 Å². The molecule has 7 nitrogen and oxygen atoms in total. The number of phenolic OH excluding ortho intramolecular Hbond substituents is 1. The summed E-state index contributed by atoms with van der Waals surface area (Å²) in [5.41, 5.74) is 0.823. The molecule has 1 amide bonds. The monoisotopic (exact) mass is 412 g/mol. The number of fused-ring (bicyclic) bond motifs is 1. The summed E-state index contributed by atoms with van der Waals surface area (Å²) in [4.78, 5) is 34.3. The minimum atomic E-state index is -0.182. The number of aromatic hydroxyl groups is 1. The molecule has 0 unspecified atom stereocenters. The number of halogens is 1. The highest BCUT2D eigenvalue weighted by Gasteiger charge is 2.26. The lowest BCUT2D eigenvalue weighted by molar-refractivity contribution is -0.121. The average Bonchev–Trinajstić information content (AvgIpc) is 2.70. The van der Waals surface area contributed by atoms with Gasteiger partial charge in [0.2, 0.25) is 5.91 Å². The van der Waals surface area contributed by atoms with Crippen molar-refractivity contribution in [1.29, 1.82) is 0 Å². The largest absolute Gasteiger partial charge is 0.506 e. The number of nitrogens with zero attached hydrogens (tertiary/aromatic N) is 2. The van der Waals surface area contributed by atoms with Crippen molar-refractivity contribution in [1.82, 2.24) is 14.9 Å². The molecule has 3 aromatic rings. The van der Waals surface area contributed by atoms with Gasteiger partial charge in [-0.15, -0.1) is 0 Å². The maximum absolute atomic E-state index is 12.5. The van der Waals surface area contributed by atoms with Crippen molar-refractivity contribution in [2.75, 3.05) is 18.4 Å². The standard InChI is InChI=1S/C21H21ClN4O3/c22-14-5-6-15-17(11-14)23-19(25-21(15)29)12-26-9-7-13(8-10-26)20(28)24-16-3-1-2-4-18(16)27/h1-6,11,13,27H,7-10,12H2,(H,24,28)(H,23,25,29). The van der Waals surface area contributed by atoms with Crippen LogP contribution in [0.3, 0.4) is 0 Å². The molecular weight excluding hydrogens is 392 g/mol. The zero-order valence-electron chi connectivity index (χ0n) is 15.7. The number of rotatable bonds is 4. The van der Waals surface area contributed by atoms with Crippen molar-refractivity contribution < 1.29 is 9.90 Å². The average molecular weight is 413 g/mol. The summed E-state index contributed by atoms with van der Waals surface area (Å²) < 4.78 is 0. The number of para-hydroxylation sites is 2. The topological polar surface area (TPSA) is 98.3 Å². The molecule has 150 valence electrons. The minimum absolute atomic E-state index is 0.0599. The van der Waals surface area contributed by atoms with Crippen LogP contribution < -0.4 is 10.9 Å². The van der Waals surface area contributed by atoms with Crippen molar-refractivity contribution in [3.8, 4) is 5.75 Å². The number of anilines is 1. The predicted molar refractivity (Wildman–Crippen MR) is 112 cm³/mol. The highest BCUT2D eigenvalue weighted by Crippen LogP contribution is 2.25. The van der Waals surface area contributed by atoms with E-state index in [0.29, 0.717) is 46.8 Å². The molecule has 0 spiro atoms. The minimum Gasteiger partial charge on any atom is -0.506 e. The van der Waals surface area contributed by atoms with E-state index in [4.69, 9.17) is 11.6 Å². The lowest BCUT2D eigenvalue weighted by atomic mass is 9.95. The number of carbonyl (C=O) groups excluding carboxylic acids is 1. The number of carbonyl (C=O) groups is 1. The second kappa shape index (κ2) is 8.23. The van der Waals surface area contributed by atoms with E-state index in [9.17, 15) is 14.7 Å². The maximum Gasteiger partial charge on any atom is 0.258 e. The van der Waals surface area contributed by atoms with Crippen LogP contribution in [0.1, 0.15) is 18.7 Å². The number of hydrogen-bond acceptors (Lipinski definition) is 5. The molecule has 0 atom stereocenters. The molecule has 8 heteroatoms. The Kier molecular flexibility index (Phi) is 5.51. The molecule has 0 saturated carbocycles. The summed E-state index contributed by atoms with van der Waals surface area (Å²) in [5, 5.41) is 13.7. The van der Waals surface area contributed by atoms with Gasteiger partial charge in [0.15, 0.2) is 0 Å². The molecule has 29 heavy (non-hydrogen) atoms. The number of aromatic amines is 1.